The van der Waals surface area contributed by atoms with Gasteiger partial charge >= 0.3 is 0 Å². The van der Waals surface area contributed by atoms with Crippen LogP contribution in [0.1, 0.15) is 12.8 Å². The minimum Gasteiger partial charge on any atom is -0.378 e. The zero-order valence-corrected chi connectivity index (χ0v) is 13.5. The van der Waals surface area contributed by atoms with Gasteiger partial charge in [-0.3, -0.25) is 0 Å². The molecule has 1 aromatic rings. The van der Waals surface area contributed by atoms with Crippen molar-refractivity contribution in [3.63, 3.8) is 0 Å². The average molecular weight is 321 g/mol. The molecule has 6 heteroatoms. The summed E-state index contributed by atoms with van der Waals surface area (Å²) in [6.45, 7) is 5.01. The van der Waals surface area contributed by atoms with Crippen molar-refractivity contribution in [2.75, 3.05) is 49.7 Å². The predicted octanol–water partition coefficient (Wildman–Crippen LogP) is 1.99. The zero-order valence-electron chi connectivity index (χ0n) is 12.7. The fraction of sp³-hybridized carbons (Fsp3) is 0.562. The van der Waals surface area contributed by atoms with Crippen LogP contribution in [0.5, 0.6) is 0 Å². The molecule has 2 fully saturated rings. The van der Waals surface area contributed by atoms with E-state index in [1.165, 1.54) is 5.69 Å². The first-order valence-electron chi connectivity index (χ1n) is 7.91. The molecule has 2 N–H and O–H groups in total. The van der Waals surface area contributed by atoms with Crippen LogP contribution >= 0.6 is 12.2 Å². The first kappa shape index (κ1) is 15.5. The van der Waals surface area contributed by atoms with Crippen LogP contribution < -0.4 is 15.5 Å². The predicted molar refractivity (Wildman–Crippen MR) is 92.7 cm³/mol. The molecule has 2 heterocycles. The van der Waals surface area contributed by atoms with Gasteiger partial charge in [-0.25, -0.2) is 0 Å². The Hall–Kier alpha value is -1.37. The van der Waals surface area contributed by atoms with Crippen molar-refractivity contribution in [1.29, 1.82) is 0 Å². The summed E-state index contributed by atoms with van der Waals surface area (Å²) in [5.41, 5.74) is 2.21. The number of thiocarbonyl (C=S) groups is 1. The lowest BCUT2D eigenvalue weighted by Gasteiger charge is -2.30. The summed E-state index contributed by atoms with van der Waals surface area (Å²) in [4.78, 5) is 2.33. The summed E-state index contributed by atoms with van der Waals surface area (Å²) in [6, 6.07) is 8.26. The fourth-order valence-electron chi connectivity index (χ4n) is 2.84. The van der Waals surface area contributed by atoms with Crippen LogP contribution in [-0.2, 0) is 9.47 Å². The maximum Gasteiger partial charge on any atom is 0.170 e. The van der Waals surface area contributed by atoms with Gasteiger partial charge in [-0.2, -0.15) is 0 Å². The molecule has 0 amide bonds. The molecule has 0 radical (unpaired) electrons. The van der Waals surface area contributed by atoms with Crippen LogP contribution in [0.15, 0.2) is 24.3 Å². The average Bonchev–Trinajstić information content (AvgIpc) is 3.08. The molecule has 0 aromatic heterocycles. The summed E-state index contributed by atoms with van der Waals surface area (Å²) in [7, 11) is 0. The van der Waals surface area contributed by atoms with E-state index in [1.54, 1.807) is 0 Å². The first-order valence-corrected chi connectivity index (χ1v) is 8.32. The third-order valence-electron chi connectivity index (χ3n) is 4.02. The molecule has 0 saturated carbocycles. The molecule has 0 unspecified atom stereocenters. The van der Waals surface area contributed by atoms with E-state index in [1.807, 2.05) is 6.07 Å². The minimum atomic E-state index is 0.286. The van der Waals surface area contributed by atoms with Crippen molar-refractivity contribution in [1.82, 2.24) is 5.32 Å². The molecule has 2 saturated heterocycles. The summed E-state index contributed by atoms with van der Waals surface area (Å²) in [6.07, 6.45) is 2.54. The Labute approximate surface area is 137 Å². The molecule has 1 aromatic carbocycles. The standard InChI is InChI=1S/C16H23N3O2S/c22-16(17-12-13-4-3-9-21-13)18-14-5-1-2-6-15(14)19-7-10-20-11-8-19/h1-2,5-6,13H,3-4,7-12H2,(H2,17,18,22)/t13-/m1/s1. The van der Waals surface area contributed by atoms with Gasteiger partial charge in [0.15, 0.2) is 5.11 Å². The molecule has 3 rings (SSSR count). The number of para-hydroxylation sites is 2. The molecule has 1 atom stereocenters. The van der Waals surface area contributed by atoms with Gasteiger partial charge < -0.3 is 25.0 Å². The highest BCUT2D eigenvalue weighted by Gasteiger charge is 2.17. The topological polar surface area (TPSA) is 45.8 Å². The normalized spacial score (nSPS) is 21.6. The number of nitrogens with zero attached hydrogens (tertiary/aromatic N) is 1. The van der Waals surface area contributed by atoms with Crippen molar-refractivity contribution in [2.45, 2.75) is 18.9 Å². The highest BCUT2D eigenvalue weighted by atomic mass is 32.1. The van der Waals surface area contributed by atoms with Crippen LogP contribution in [0.25, 0.3) is 0 Å². The SMILES string of the molecule is S=C(NC[C@H]1CCCO1)Nc1ccccc1N1CCOCC1. The molecule has 0 aliphatic carbocycles. The van der Waals surface area contributed by atoms with Crippen LogP contribution in [0.2, 0.25) is 0 Å². The van der Waals surface area contributed by atoms with Crippen LogP contribution in [-0.4, -0.2) is 50.7 Å². The van der Waals surface area contributed by atoms with E-state index in [0.717, 1.165) is 58.0 Å². The second-order valence-electron chi connectivity index (χ2n) is 5.59. The number of benzene rings is 1. The third kappa shape index (κ3) is 4.09. The number of hydrogen-bond acceptors (Lipinski definition) is 4. The molecule has 22 heavy (non-hydrogen) atoms. The van der Waals surface area contributed by atoms with Crippen molar-refractivity contribution >= 4 is 28.7 Å². The van der Waals surface area contributed by atoms with E-state index in [2.05, 4.69) is 33.7 Å². The molecule has 2 aliphatic rings. The van der Waals surface area contributed by atoms with Crippen molar-refractivity contribution < 1.29 is 9.47 Å². The lowest BCUT2D eigenvalue weighted by atomic mass is 10.2. The van der Waals surface area contributed by atoms with Gasteiger partial charge in [0.25, 0.3) is 0 Å². The Balaban J connectivity index is 1.57. The number of rotatable bonds is 4. The van der Waals surface area contributed by atoms with Gasteiger partial charge in [0.1, 0.15) is 0 Å². The maximum absolute atomic E-state index is 5.60. The molecule has 0 spiro atoms. The second-order valence-corrected chi connectivity index (χ2v) is 5.99. The van der Waals surface area contributed by atoms with Crippen molar-refractivity contribution in [3.05, 3.63) is 24.3 Å². The van der Waals surface area contributed by atoms with Gasteiger partial charge in [0.05, 0.1) is 30.7 Å². The number of nitrogens with one attached hydrogen (secondary N) is 2. The lowest BCUT2D eigenvalue weighted by molar-refractivity contribution is 0.114. The van der Waals surface area contributed by atoms with E-state index in [9.17, 15) is 0 Å². The van der Waals surface area contributed by atoms with E-state index in [0.29, 0.717) is 5.11 Å². The van der Waals surface area contributed by atoms with Gasteiger partial charge in [0.2, 0.25) is 0 Å². The minimum absolute atomic E-state index is 0.286. The highest BCUT2D eigenvalue weighted by molar-refractivity contribution is 7.80. The highest BCUT2D eigenvalue weighted by Crippen LogP contribution is 2.26. The Kier molecular flexibility index (Phi) is 5.48. The fourth-order valence-corrected chi connectivity index (χ4v) is 3.03. The molecular weight excluding hydrogens is 298 g/mol. The molecule has 0 bridgehead atoms. The quantitative estimate of drug-likeness (QED) is 0.827. The molecule has 5 nitrogen and oxygen atoms in total. The Bertz CT molecular complexity index is 500. The smallest absolute Gasteiger partial charge is 0.170 e. The van der Waals surface area contributed by atoms with E-state index in [4.69, 9.17) is 21.7 Å². The van der Waals surface area contributed by atoms with Crippen molar-refractivity contribution in [3.8, 4) is 0 Å². The van der Waals surface area contributed by atoms with Gasteiger partial charge in [-0.1, -0.05) is 12.1 Å². The summed E-state index contributed by atoms with van der Waals surface area (Å²) in [5.74, 6) is 0. The van der Waals surface area contributed by atoms with E-state index in [-0.39, 0.29) is 6.10 Å². The first-order chi connectivity index (χ1) is 10.8. The lowest BCUT2D eigenvalue weighted by Crippen LogP contribution is -2.38. The van der Waals surface area contributed by atoms with Crippen LogP contribution in [0.3, 0.4) is 0 Å². The molecular formula is C16H23N3O2S. The number of ether oxygens (including phenoxy) is 2. The molecule has 120 valence electrons. The Morgan fingerprint density at radius 1 is 1.23 bits per heavy atom. The number of hydrogen-bond donors (Lipinski definition) is 2. The summed E-state index contributed by atoms with van der Waals surface area (Å²) in [5, 5.41) is 7.22. The number of morpholine rings is 1. The van der Waals surface area contributed by atoms with Crippen molar-refractivity contribution in [2.24, 2.45) is 0 Å². The summed E-state index contributed by atoms with van der Waals surface area (Å²) < 4.78 is 11.0. The number of anilines is 2. The molecule has 2 aliphatic heterocycles. The third-order valence-corrected chi connectivity index (χ3v) is 4.26. The zero-order chi connectivity index (χ0) is 15.2. The Morgan fingerprint density at radius 3 is 2.82 bits per heavy atom. The largest absolute Gasteiger partial charge is 0.378 e. The van der Waals surface area contributed by atoms with Crippen LogP contribution in [0.4, 0.5) is 11.4 Å². The Morgan fingerprint density at radius 2 is 2.05 bits per heavy atom. The summed E-state index contributed by atoms with van der Waals surface area (Å²) >= 11 is 5.41. The van der Waals surface area contributed by atoms with Gasteiger partial charge in [-0.05, 0) is 37.2 Å². The van der Waals surface area contributed by atoms with E-state index < -0.39 is 0 Å². The second kappa shape index (κ2) is 7.76. The van der Waals surface area contributed by atoms with Crippen LogP contribution in [0, 0.1) is 0 Å². The van der Waals surface area contributed by atoms with E-state index >= 15 is 0 Å². The van der Waals surface area contributed by atoms with Gasteiger partial charge in [0, 0.05) is 26.2 Å². The monoisotopic (exact) mass is 321 g/mol. The van der Waals surface area contributed by atoms with Gasteiger partial charge in [-0.15, -0.1) is 0 Å². The maximum atomic E-state index is 5.60.